The smallest absolute Gasteiger partial charge is 0.165 e. The van der Waals surface area contributed by atoms with Gasteiger partial charge in [-0.05, 0) is 48.4 Å². The Morgan fingerprint density at radius 3 is 2.40 bits per heavy atom. The van der Waals surface area contributed by atoms with E-state index in [1.165, 1.54) is 5.56 Å². The van der Waals surface area contributed by atoms with Gasteiger partial charge in [-0.1, -0.05) is 54.1 Å². The lowest BCUT2D eigenvalue weighted by molar-refractivity contribution is -0.129. The van der Waals surface area contributed by atoms with Crippen LogP contribution in [0.2, 0.25) is 5.02 Å². The number of aliphatic hydroxyl groups excluding tert-OH is 1. The molecule has 0 unspecified atom stereocenters. The zero-order valence-electron chi connectivity index (χ0n) is 14.0. The van der Waals surface area contributed by atoms with Crippen molar-refractivity contribution >= 4 is 17.4 Å². The van der Waals surface area contributed by atoms with E-state index in [-0.39, 0.29) is 18.3 Å². The molecule has 4 heteroatoms. The lowest BCUT2D eigenvalue weighted by Crippen LogP contribution is -2.55. The maximum absolute atomic E-state index is 13.5. The quantitative estimate of drug-likeness (QED) is 0.863. The maximum atomic E-state index is 13.5. The van der Waals surface area contributed by atoms with E-state index in [1.807, 2.05) is 42.5 Å². The molecular formula is C21H22ClNO2. The Morgan fingerprint density at radius 1 is 1.12 bits per heavy atom. The van der Waals surface area contributed by atoms with Crippen molar-refractivity contribution in [3.63, 3.8) is 0 Å². The van der Waals surface area contributed by atoms with Crippen LogP contribution in [0.4, 0.5) is 0 Å². The summed E-state index contributed by atoms with van der Waals surface area (Å²) in [7, 11) is 0. The molecule has 0 radical (unpaired) electrons. The first-order valence-corrected chi connectivity index (χ1v) is 9.19. The Hall–Kier alpha value is -1.68. The summed E-state index contributed by atoms with van der Waals surface area (Å²) in [5, 5.41) is 14.2. The first kappa shape index (κ1) is 16.8. The number of aliphatic hydroxyl groups is 1. The predicted molar refractivity (Wildman–Crippen MR) is 99.0 cm³/mol. The van der Waals surface area contributed by atoms with Crippen molar-refractivity contribution in [2.45, 2.75) is 36.1 Å². The summed E-state index contributed by atoms with van der Waals surface area (Å²) in [6.45, 7) is 0.553. The third kappa shape index (κ3) is 2.80. The highest BCUT2D eigenvalue weighted by atomic mass is 35.5. The molecule has 1 saturated carbocycles. The molecule has 3 nitrogen and oxygen atoms in total. The van der Waals surface area contributed by atoms with Gasteiger partial charge in [-0.2, -0.15) is 0 Å². The highest BCUT2D eigenvalue weighted by Crippen LogP contribution is 2.52. The number of hydrogen-bond donors (Lipinski definition) is 2. The minimum absolute atomic E-state index is 0.128. The zero-order chi connectivity index (χ0) is 17.5. The Kier molecular flexibility index (Phi) is 4.19. The first-order chi connectivity index (χ1) is 12.1. The number of carbonyl (C=O) groups is 1. The molecule has 1 aliphatic carbocycles. The van der Waals surface area contributed by atoms with Crippen molar-refractivity contribution in [1.29, 1.82) is 0 Å². The Labute approximate surface area is 153 Å². The van der Waals surface area contributed by atoms with E-state index in [0.717, 1.165) is 18.4 Å². The van der Waals surface area contributed by atoms with Crippen molar-refractivity contribution < 1.29 is 9.90 Å². The van der Waals surface area contributed by atoms with E-state index in [2.05, 4.69) is 17.4 Å². The van der Waals surface area contributed by atoms with Crippen molar-refractivity contribution in [3.05, 3.63) is 70.7 Å². The van der Waals surface area contributed by atoms with Gasteiger partial charge in [0.25, 0.3) is 0 Å². The SMILES string of the molecule is O=C(C1(c2ccc(Cl)cc2)CC1)[C@@]1(CO)C[C@@H](c2ccccc2)CN1. The summed E-state index contributed by atoms with van der Waals surface area (Å²) in [6, 6.07) is 17.8. The summed E-state index contributed by atoms with van der Waals surface area (Å²) in [5.74, 6) is 0.376. The number of ketones is 1. The van der Waals surface area contributed by atoms with Gasteiger partial charge in [-0.15, -0.1) is 0 Å². The molecule has 1 heterocycles. The van der Waals surface area contributed by atoms with Crippen LogP contribution in [0.25, 0.3) is 0 Å². The van der Waals surface area contributed by atoms with Gasteiger partial charge in [0.05, 0.1) is 12.0 Å². The molecule has 2 fully saturated rings. The third-order valence-corrected chi connectivity index (χ3v) is 6.09. The van der Waals surface area contributed by atoms with Crippen LogP contribution in [-0.2, 0) is 10.2 Å². The predicted octanol–water partition coefficient (Wildman–Crippen LogP) is 3.45. The fraction of sp³-hybridized carbons (Fsp3) is 0.381. The summed E-state index contributed by atoms with van der Waals surface area (Å²) >= 11 is 5.99. The number of carbonyl (C=O) groups excluding carboxylic acids is 1. The van der Waals surface area contributed by atoms with E-state index in [0.29, 0.717) is 18.0 Å². The van der Waals surface area contributed by atoms with Gasteiger partial charge in [0.1, 0.15) is 5.54 Å². The van der Waals surface area contributed by atoms with Crippen molar-refractivity contribution in [3.8, 4) is 0 Å². The highest BCUT2D eigenvalue weighted by molar-refractivity contribution is 6.30. The molecule has 2 atom stereocenters. The van der Waals surface area contributed by atoms with E-state index in [9.17, 15) is 9.90 Å². The van der Waals surface area contributed by atoms with E-state index >= 15 is 0 Å². The Balaban J connectivity index is 1.61. The van der Waals surface area contributed by atoms with Crippen LogP contribution in [0.1, 0.15) is 36.3 Å². The molecule has 1 saturated heterocycles. The molecule has 0 amide bonds. The lowest BCUT2D eigenvalue weighted by Gasteiger charge is -2.31. The monoisotopic (exact) mass is 355 g/mol. The Bertz CT molecular complexity index is 770. The van der Waals surface area contributed by atoms with Crippen LogP contribution < -0.4 is 5.32 Å². The van der Waals surface area contributed by atoms with Crippen LogP contribution in [0.15, 0.2) is 54.6 Å². The van der Waals surface area contributed by atoms with Gasteiger partial charge in [0.2, 0.25) is 0 Å². The zero-order valence-corrected chi connectivity index (χ0v) is 14.8. The van der Waals surface area contributed by atoms with Gasteiger partial charge in [-0.3, -0.25) is 4.79 Å². The molecule has 1 aliphatic heterocycles. The van der Waals surface area contributed by atoms with Gasteiger partial charge < -0.3 is 10.4 Å². The number of hydrogen-bond acceptors (Lipinski definition) is 3. The van der Waals surface area contributed by atoms with Gasteiger partial charge in [0.15, 0.2) is 5.78 Å². The van der Waals surface area contributed by atoms with Crippen molar-refractivity contribution in [1.82, 2.24) is 5.32 Å². The average molecular weight is 356 g/mol. The minimum Gasteiger partial charge on any atom is -0.394 e. The molecule has 0 aromatic heterocycles. The normalized spacial score (nSPS) is 27.2. The molecule has 2 aromatic rings. The molecule has 2 N–H and O–H groups in total. The Morgan fingerprint density at radius 2 is 1.80 bits per heavy atom. The molecular weight excluding hydrogens is 334 g/mol. The number of nitrogens with one attached hydrogen (secondary N) is 1. The summed E-state index contributed by atoms with van der Waals surface area (Å²) in [6.07, 6.45) is 2.32. The second-order valence-electron chi connectivity index (χ2n) is 7.35. The van der Waals surface area contributed by atoms with E-state index in [4.69, 9.17) is 11.6 Å². The average Bonchev–Trinajstić information content (AvgIpc) is 3.34. The minimum atomic E-state index is -0.851. The second kappa shape index (κ2) is 6.24. The molecule has 0 spiro atoms. The molecule has 0 bridgehead atoms. The van der Waals surface area contributed by atoms with Crippen LogP contribution in [0.5, 0.6) is 0 Å². The summed E-state index contributed by atoms with van der Waals surface area (Å²) < 4.78 is 0. The number of rotatable bonds is 5. The van der Waals surface area contributed by atoms with Crippen LogP contribution in [0.3, 0.4) is 0 Å². The highest BCUT2D eigenvalue weighted by Gasteiger charge is 2.59. The third-order valence-electron chi connectivity index (χ3n) is 5.84. The lowest BCUT2D eigenvalue weighted by atomic mass is 9.77. The maximum Gasteiger partial charge on any atom is 0.165 e. The second-order valence-corrected chi connectivity index (χ2v) is 7.79. The standard InChI is InChI=1S/C21H22ClNO2/c22-18-8-6-17(7-9-18)20(10-11-20)19(25)21(14-24)12-16(13-23-21)15-4-2-1-3-5-15/h1-9,16,23-24H,10-14H2/t16-,21+/m1/s1. The molecule has 2 aliphatic rings. The van der Waals surface area contributed by atoms with Gasteiger partial charge in [0, 0.05) is 11.6 Å². The summed E-state index contributed by atoms with van der Waals surface area (Å²) in [5.41, 5.74) is 0.914. The van der Waals surface area contributed by atoms with Gasteiger partial charge >= 0.3 is 0 Å². The van der Waals surface area contributed by atoms with E-state index < -0.39 is 11.0 Å². The van der Waals surface area contributed by atoms with Gasteiger partial charge in [-0.25, -0.2) is 0 Å². The fourth-order valence-electron chi connectivity index (χ4n) is 4.21. The van der Waals surface area contributed by atoms with Crippen LogP contribution >= 0.6 is 11.6 Å². The number of Topliss-reactive ketones (excluding diaryl/α,β-unsaturated/α-hetero) is 1. The number of halogens is 1. The summed E-state index contributed by atoms with van der Waals surface area (Å²) in [4.78, 5) is 13.5. The topological polar surface area (TPSA) is 49.3 Å². The fourth-order valence-corrected chi connectivity index (χ4v) is 4.33. The molecule has 25 heavy (non-hydrogen) atoms. The largest absolute Gasteiger partial charge is 0.394 e. The van der Waals surface area contributed by atoms with Crippen molar-refractivity contribution in [2.75, 3.05) is 13.2 Å². The molecule has 130 valence electrons. The van der Waals surface area contributed by atoms with E-state index in [1.54, 1.807) is 0 Å². The first-order valence-electron chi connectivity index (χ1n) is 8.81. The molecule has 2 aromatic carbocycles. The molecule has 4 rings (SSSR count). The van der Waals surface area contributed by atoms with Crippen LogP contribution in [-0.4, -0.2) is 29.6 Å². The number of benzene rings is 2. The van der Waals surface area contributed by atoms with Crippen molar-refractivity contribution in [2.24, 2.45) is 0 Å². The van der Waals surface area contributed by atoms with Crippen LogP contribution in [0, 0.1) is 0 Å².